The van der Waals surface area contributed by atoms with E-state index in [2.05, 4.69) is 10.2 Å². The van der Waals surface area contributed by atoms with E-state index in [4.69, 9.17) is 9.47 Å². The second-order valence-corrected chi connectivity index (χ2v) is 5.66. The van der Waals surface area contributed by atoms with Crippen molar-refractivity contribution in [3.8, 4) is 5.75 Å². The first-order valence-corrected chi connectivity index (χ1v) is 8.10. The lowest BCUT2D eigenvalue weighted by molar-refractivity contribution is 0.0833. The van der Waals surface area contributed by atoms with E-state index in [1.54, 1.807) is 0 Å². The zero-order chi connectivity index (χ0) is 15.8. The van der Waals surface area contributed by atoms with Crippen molar-refractivity contribution in [2.75, 3.05) is 31.6 Å². The minimum Gasteiger partial charge on any atom is -0.494 e. The fourth-order valence-corrected chi connectivity index (χ4v) is 2.67. The van der Waals surface area contributed by atoms with Crippen LogP contribution in [-0.4, -0.2) is 43.3 Å². The number of piperidine rings is 1. The van der Waals surface area contributed by atoms with E-state index in [-0.39, 0.29) is 6.10 Å². The normalized spacial score (nSPS) is 16.8. The zero-order valence-electron chi connectivity index (χ0n) is 13.5. The molecule has 2 rings (SSSR count). The van der Waals surface area contributed by atoms with Crippen LogP contribution in [0, 0.1) is 0 Å². The maximum atomic E-state index is 11.9. The molecule has 1 atom stereocenters. The Hall–Kier alpha value is -1.75. The van der Waals surface area contributed by atoms with E-state index < -0.39 is 6.09 Å². The van der Waals surface area contributed by atoms with Gasteiger partial charge >= 0.3 is 6.09 Å². The fraction of sp³-hybridized carbons (Fsp3) is 0.588. The van der Waals surface area contributed by atoms with Gasteiger partial charge < -0.3 is 9.47 Å². The number of likely N-dealkylation sites (tertiary alicyclic amines) is 1. The van der Waals surface area contributed by atoms with E-state index in [1.165, 1.54) is 19.3 Å². The minimum atomic E-state index is -0.409. The van der Waals surface area contributed by atoms with Crippen LogP contribution in [0.15, 0.2) is 24.3 Å². The molecule has 1 fully saturated rings. The molecule has 1 heterocycles. The van der Waals surface area contributed by atoms with Crippen LogP contribution in [0.4, 0.5) is 10.5 Å². The van der Waals surface area contributed by atoms with Gasteiger partial charge in [0.2, 0.25) is 0 Å². The molecule has 1 aromatic rings. The number of carbonyl (C=O) groups is 1. The molecule has 0 aliphatic carbocycles. The molecule has 1 aliphatic rings. The van der Waals surface area contributed by atoms with Crippen LogP contribution in [0.25, 0.3) is 0 Å². The van der Waals surface area contributed by atoms with Gasteiger partial charge in [0, 0.05) is 12.2 Å². The van der Waals surface area contributed by atoms with Crippen molar-refractivity contribution in [1.29, 1.82) is 0 Å². The molecule has 1 amide bonds. The highest BCUT2D eigenvalue weighted by Gasteiger charge is 2.16. The average molecular weight is 306 g/mol. The quantitative estimate of drug-likeness (QED) is 0.874. The molecule has 5 nitrogen and oxygen atoms in total. The number of benzene rings is 1. The Kier molecular flexibility index (Phi) is 6.52. The number of nitrogens with zero attached hydrogens (tertiary/aromatic N) is 1. The molecular weight excluding hydrogens is 280 g/mol. The monoisotopic (exact) mass is 306 g/mol. The Morgan fingerprint density at radius 1 is 1.23 bits per heavy atom. The third-order valence-electron chi connectivity index (χ3n) is 3.68. The van der Waals surface area contributed by atoms with Gasteiger partial charge in [-0.3, -0.25) is 10.2 Å². The average Bonchev–Trinajstić information content (AvgIpc) is 2.50. The highest BCUT2D eigenvalue weighted by molar-refractivity contribution is 5.84. The summed E-state index contributed by atoms with van der Waals surface area (Å²) in [4.78, 5) is 14.3. The molecule has 0 radical (unpaired) electrons. The highest BCUT2D eigenvalue weighted by Crippen LogP contribution is 2.16. The maximum absolute atomic E-state index is 11.9. The van der Waals surface area contributed by atoms with Gasteiger partial charge in [0.15, 0.2) is 0 Å². The van der Waals surface area contributed by atoms with E-state index in [9.17, 15) is 4.79 Å². The molecule has 0 spiro atoms. The second-order valence-electron chi connectivity index (χ2n) is 5.66. The molecule has 5 heteroatoms. The van der Waals surface area contributed by atoms with Crippen LogP contribution in [0.1, 0.15) is 33.1 Å². The summed E-state index contributed by atoms with van der Waals surface area (Å²) in [5.41, 5.74) is 0.707. The summed E-state index contributed by atoms with van der Waals surface area (Å²) in [7, 11) is 0. The number of carbonyl (C=O) groups excluding carboxylic acids is 1. The summed E-state index contributed by atoms with van der Waals surface area (Å²) in [5.74, 6) is 0.792. The van der Waals surface area contributed by atoms with Crippen LogP contribution in [0.3, 0.4) is 0 Å². The second kappa shape index (κ2) is 8.63. The topological polar surface area (TPSA) is 50.8 Å². The predicted octanol–water partition coefficient (Wildman–Crippen LogP) is 3.51. The Bertz CT molecular complexity index is 455. The Labute approximate surface area is 132 Å². The van der Waals surface area contributed by atoms with Crippen LogP contribution < -0.4 is 10.1 Å². The number of anilines is 1. The number of nitrogens with one attached hydrogen (secondary N) is 1. The summed E-state index contributed by atoms with van der Waals surface area (Å²) in [6, 6.07) is 7.27. The lowest BCUT2D eigenvalue weighted by Crippen LogP contribution is -2.37. The van der Waals surface area contributed by atoms with E-state index in [0.717, 1.165) is 25.4 Å². The minimum absolute atomic E-state index is 0.110. The van der Waals surface area contributed by atoms with Crippen molar-refractivity contribution in [2.24, 2.45) is 0 Å². The maximum Gasteiger partial charge on any atom is 0.411 e. The molecule has 0 unspecified atom stereocenters. The number of hydrogen-bond donors (Lipinski definition) is 1. The van der Waals surface area contributed by atoms with Crippen LogP contribution >= 0.6 is 0 Å². The molecule has 1 aliphatic heterocycles. The van der Waals surface area contributed by atoms with Crippen molar-refractivity contribution >= 4 is 11.8 Å². The van der Waals surface area contributed by atoms with Crippen molar-refractivity contribution in [1.82, 2.24) is 4.90 Å². The Balaban J connectivity index is 1.74. The highest BCUT2D eigenvalue weighted by atomic mass is 16.6. The lowest BCUT2D eigenvalue weighted by Gasteiger charge is -2.28. The summed E-state index contributed by atoms with van der Waals surface area (Å²) in [6.07, 6.45) is 3.27. The molecule has 1 aromatic carbocycles. The van der Waals surface area contributed by atoms with Gasteiger partial charge in [-0.1, -0.05) is 6.42 Å². The molecule has 1 N–H and O–H groups in total. The van der Waals surface area contributed by atoms with Gasteiger partial charge in [-0.15, -0.1) is 0 Å². The summed E-state index contributed by atoms with van der Waals surface area (Å²) in [5, 5.41) is 2.74. The van der Waals surface area contributed by atoms with Crippen LogP contribution in [0.2, 0.25) is 0 Å². The first-order valence-electron chi connectivity index (χ1n) is 8.10. The lowest BCUT2D eigenvalue weighted by atomic mass is 10.1. The van der Waals surface area contributed by atoms with Gasteiger partial charge in [0.05, 0.1) is 6.61 Å². The van der Waals surface area contributed by atoms with Gasteiger partial charge in [0.1, 0.15) is 11.9 Å². The molecule has 22 heavy (non-hydrogen) atoms. The van der Waals surface area contributed by atoms with E-state index in [1.807, 2.05) is 38.1 Å². The third kappa shape index (κ3) is 5.56. The smallest absolute Gasteiger partial charge is 0.411 e. The third-order valence-corrected chi connectivity index (χ3v) is 3.68. The van der Waals surface area contributed by atoms with Crippen molar-refractivity contribution in [3.05, 3.63) is 24.3 Å². The van der Waals surface area contributed by atoms with Gasteiger partial charge in [-0.05, 0) is 64.0 Å². The summed E-state index contributed by atoms with van der Waals surface area (Å²) < 4.78 is 10.8. The molecule has 0 bridgehead atoms. The number of amides is 1. The SMILES string of the molecule is CCOc1ccc(NC(=O)O[C@H](C)CN2CCCCC2)cc1. The van der Waals surface area contributed by atoms with Crippen molar-refractivity contribution in [2.45, 2.75) is 39.2 Å². The molecule has 1 saturated heterocycles. The fourth-order valence-electron chi connectivity index (χ4n) is 2.67. The largest absolute Gasteiger partial charge is 0.494 e. The predicted molar refractivity (Wildman–Crippen MR) is 87.5 cm³/mol. The summed E-state index contributed by atoms with van der Waals surface area (Å²) >= 11 is 0. The van der Waals surface area contributed by atoms with E-state index in [0.29, 0.717) is 12.3 Å². The number of ether oxygens (including phenoxy) is 2. The van der Waals surface area contributed by atoms with Crippen LogP contribution in [-0.2, 0) is 4.74 Å². The number of hydrogen-bond acceptors (Lipinski definition) is 4. The first kappa shape index (κ1) is 16.6. The molecular formula is C17H26N2O3. The van der Waals surface area contributed by atoms with E-state index >= 15 is 0 Å². The molecule has 0 saturated carbocycles. The van der Waals surface area contributed by atoms with Gasteiger partial charge in [-0.2, -0.15) is 0 Å². The zero-order valence-corrected chi connectivity index (χ0v) is 13.5. The summed E-state index contributed by atoms with van der Waals surface area (Å²) in [6.45, 7) is 7.52. The standard InChI is InChI=1S/C17H26N2O3/c1-3-21-16-9-7-15(8-10-16)18-17(20)22-14(2)13-19-11-5-4-6-12-19/h7-10,14H,3-6,11-13H2,1-2H3,(H,18,20)/t14-/m1/s1. The number of rotatable bonds is 6. The first-order chi connectivity index (χ1) is 10.7. The van der Waals surface area contributed by atoms with Crippen molar-refractivity contribution < 1.29 is 14.3 Å². The van der Waals surface area contributed by atoms with Crippen LogP contribution in [0.5, 0.6) is 5.75 Å². The molecule has 122 valence electrons. The van der Waals surface area contributed by atoms with Gasteiger partial charge in [-0.25, -0.2) is 4.79 Å². The Morgan fingerprint density at radius 2 is 1.91 bits per heavy atom. The molecule has 0 aromatic heterocycles. The van der Waals surface area contributed by atoms with Gasteiger partial charge in [0.25, 0.3) is 0 Å². The van der Waals surface area contributed by atoms with Crippen molar-refractivity contribution in [3.63, 3.8) is 0 Å². The Morgan fingerprint density at radius 3 is 2.55 bits per heavy atom.